The molecule has 0 saturated carbocycles. The van der Waals surface area contributed by atoms with E-state index in [2.05, 4.69) is 27.4 Å². The molecule has 26 heavy (non-hydrogen) atoms. The minimum atomic E-state index is 0.470. The van der Waals surface area contributed by atoms with Crippen molar-refractivity contribution in [2.45, 2.75) is 26.8 Å². The van der Waals surface area contributed by atoms with E-state index in [4.69, 9.17) is 9.26 Å². The van der Waals surface area contributed by atoms with Crippen molar-refractivity contribution in [2.75, 3.05) is 6.61 Å². The Balaban J connectivity index is 1.62. The first-order valence-corrected chi connectivity index (χ1v) is 8.69. The summed E-state index contributed by atoms with van der Waals surface area (Å²) in [6.45, 7) is 5.55. The molecule has 132 valence electrons. The summed E-state index contributed by atoms with van der Waals surface area (Å²) in [7, 11) is 0. The van der Waals surface area contributed by atoms with E-state index in [-0.39, 0.29) is 0 Å². The van der Waals surface area contributed by atoms with E-state index in [1.165, 1.54) is 0 Å². The highest BCUT2D eigenvalue weighted by Crippen LogP contribution is 2.26. The van der Waals surface area contributed by atoms with Crippen molar-refractivity contribution >= 4 is 11.0 Å². The third-order valence-electron chi connectivity index (χ3n) is 4.05. The molecular formula is C19H19N5O2. The van der Waals surface area contributed by atoms with Crippen LogP contribution in [0.15, 0.2) is 47.0 Å². The molecule has 0 unspecified atom stereocenters. The van der Waals surface area contributed by atoms with Crippen molar-refractivity contribution in [3.05, 3.63) is 42.5 Å². The van der Waals surface area contributed by atoms with Gasteiger partial charge in [0.1, 0.15) is 11.3 Å². The first kappa shape index (κ1) is 16.3. The maximum atomic E-state index is 5.45. The highest BCUT2D eigenvalue weighted by atomic mass is 16.5. The summed E-state index contributed by atoms with van der Waals surface area (Å²) in [5, 5.41) is 12.5. The summed E-state index contributed by atoms with van der Waals surface area (Å²) in [6.07, 6.45) is 1.01. The number of nitrogens with zero attached hydrogens (tertiary/aromatic N) is 5. The van der Waals surface area contributed by atoms with Gasteiger partial charge in [-0.15, -0.1) is 5.10 Å². The Labute approximate surface area is 150 Å². The summed E-state index contributed by atoms with van der Waals surface area (Å²) in [5.74, 6) is 1.82. The van der Waals surface area contributed by atoms with Crippen molar-refractivity contribution in [3.63, 3.8) is 0 Å². The monoisotopic (exact) mass is 349 g/mol. The van der Waals surface area contributed by atoms with Gasteiger partial charge in [0, 0.05) is 17.7 Å². The molecule has 0 aliphatic heterocycles. The molecule has 0 bridgehead atoms. The molecule has 2 aromatic heterocycles. The minimum absolute atomic E-state index is 0.470. The van der Waals surface area contributed by atoms with Crippen LogP contribution in [0.5, 0.6) is 5.75 Å². The standard InChI is InChI=1S/C19H19N5O2/c1-3-11-24-17-10-7-14(12-16(17)21-23-24)18-20-19(26-22-18)13-5-8-15(9-6-13)25-4-2/h5-10,12H,3-4,11H2,1-2H3. The summed E-state index contributed by atoms with van der Waals surface area (Å²) < 4.78 is 12.8. The Hall–Kier alpha value is -3.22. The minimum Gasteiger partial charge on any atom is -0.494 e. The van der Waals surface area contributed by atoms with Gasteiger partial charge in [0.25, 0.3) is 5.89 Å². The van der Waals surface area contributed by atoms with Crippen LogP contribution in [0.25, 0.3) is 33.9 Å². The number of rotatable bonds is 6. The number of ether oxygens (including phenoxy) is 1. The van der Waals surface area contributed by atoms with E-state index < -0.39 is 0 Å². The zero-order valence-electron chi connectivity index (χ0n) is 14.7. The highest BCUT2D eigenvalue weighted by molar-refractivity contribution is 5.80. The number of aromatic nitrogens is 5. The highest BCUT2D eigenvalue weighted by Gasteiger charge is 2.13. The summed E-state index contributed by atoms with van der Waals surface area (Å²) in [5.41, 5.74) is 3.53. The van der Waals surface area contributed by atoms with Crippen molar-refractivity contribution in [1.29, 1.82) is 0 Å². The lowest BCUT2D eigenvalue weighted by Crippen LogP contribution is -1.98. The van der Waals surface area contributed by atoms with Crippen LogP contribution in [0.4, 0.5) is 0 Å². The molecule has 0 aliphatic rings. The SMILES string of the molecule is CCCn1nnc2cc(-c3noc(-c4ccc(OCC)cc4)n3)ccc21. The molecule has 4 aromatic rings. The van der Waals surface area contributed by atoms with Gasteiger partial charge in [-0.2, -0.15) is 4.98 Å². The van der Waals surface area contributed by atoms with Crippen LogP contribution >= 0.6 is 0 Å². The van der Waals surface area contributed by atoms with Gasteiger partial charge >= 0.3 is 0 Å². The number of aryl methyl sites for hydroxylation is 1. The van der Waals surface area contributed by atoms with Gasteiger partial charge in [-0.25, -0.2) is 4.68 Å². The van der Waals surface area contributed by atoms with Crippen molar-refractivity contribution in [2.24, 2.45) is 0 Å². The summed E-state index contributed by atoms with van der Waals surface area (Å²) in [4.78, 5) is 4.50. The van der Waals surface area contributed by atoms with E-state index in [1.54, 1.807) is 0 Å². The smallest absolute Gasteiger partial charge is 0.258 e. The van der Waals surface area contributed by atoms with E-state index in [9.17, 15) is 0 Å². The third kappa shape index (κ3) is 3.03. The summed E-state index contributed by atoms with van der Waals surface area (Å²) >= 11 is 0. The van der Waals surface area contributed by atoms with Crippen LogP contribution in [0.3, 0.4) is 0 Å². The van der Waals surface area contributed by atoms with Crippen LogP contribution in [-0.4, -0.2) is 31.7 Å². The molecule has 0 N–H and O–H groups in total. The molecule has 4 rings (SSSR count). The zero-order chi connectivity index (χ0) is 17.9. The van der Waals surface area contributed by atoms with Gasteiger partial charge < -0.3 is 9.26 Å². The fourth-order valence-corrected chi connectivity index (χ4v) is 2.81. The largest absolute Gasteiger partial charge is 0.494 e. The zero-order valence-corrected chi connectivity index (χ0v) is 14.7. The lowest BCUT2D eigenvalue weighted by Gasteiger charge is -2.02. The van der Waals surface area contributed by atoms with Gasteiger partial charge in [-0.05, 0) is 55.8 Å². The first-order valence-electron chi connectivity index (χ1n) is 8.69. The maximum Gasteiger partial charge on any atom is 0.258 e. The quantitative estimate of drug-likeness (QED) is 0.524. The molecule has 0 fully saturated rings. The van der Waals surface area contributed by atoms with Crippen LogP contribution in [0.1, 0.15) is 20.3 Å². The molecule has 2 aromatic carbocycles. The topological polar surface area (TPSA) is 78.9 Å². The Kier molecular flexibility index (Phi) is 4.35. The van der Waals surface area contributed by atoms with Gasteiger partial charge in [-0.3, -0.25) is 0 Å². The number of hydrogen-bond donors (Lipinski definition) is 0. The molecule has 0 radical (unpaired) electrons. The summed E-state index contributed by atoms with van der Waals surface area (Å²) in [6, 6.07) is 13.5. The lowest BCUT2D eigenvalue weighted by molar-refractivity contribution is 0.340. The van der Waals surface area contributed by atoms with Crippen LogP contribution < -0.4 is 4.74 Å². The fraction of sp³-hybridized carbons (Fsp3) is 0.263. The van der Waals surface area contributed by atoms with E-state index in [0.717, 1.165) is 40.9 Å². The van der Waals surface area contributed by atoms with Crippen LogP contribution in [0, 0.1) is 0 Å². The van der Waals surface area contributed by atoms with Crippen molar-refractivity contribution < 1.29 is 9.26 Å². The second-order valence-electron chi connectivity index (χ2n) is 5.90. The molecule has 0 aliphatic carbocycles. The molecular weight excluding hydrogens is 330 g/mol. The first-order chi connectivity index (χ1) is 12.8. The van der Waals surface area contributed by atoms with Gasteiger partial charge in [0.05, 0.1) is 12.1 Å². The van der Waals surface area contributed by atoms with Gasteiger partial charge in [-0.1, -0.05) is 17.3 Å². The number of fused-ring (bicyclic) bond motifs is 1. The molecule has 0 saturated heterocycles. The third-order valence-corrected chi connectivity index (χ3v) is 4.05. The van der Waals surface area contributed by atoms with Crippen molar-refractivity contribution in [1.82, 2.24) is 25.1 Å². The number of benzene rings is 2. The van der Waals surface area contributed by atoms with Gasteiger partial charge in [0.15, 0.2) is 0 Å². The van der Waals surface area contributed by atoms with E-state index in [1.807, 2.05) is 54.1 Å². The predicted molar refractivity (Wildman–Crippen MR) is 97.7 cm³/mol. The lowest BCUT2D eigenvalue weighted by atomic mass is 10.2. The van der Waals surface area contributed by atoms with E-state index >= 15 is 0 Å². The molecule has 0 atom stereocenters. The normalized spacial score (nSPS) is 11.2. The molecule has 2 heterocycles. The van der Waals surface area contributed by atoms with Crippen LogP contribution in [-0.2, 0) is 6.54 Å². The molecule has 7 heteroatoms. The maximum absolute atomic E-state index is 5.45. The number of hydrogen-bond acceptors (Lipinski definition) is 6. The van der Waals surface area contributed by atoms with Crippen molar-refractivity contribution in [3.8, 4) is 28.6 Å². The molecule has 7 nitrogen and oxygen atoms in total. The Morgan fingerprint density at radius 2 is 1.85 bits per heavy atom. The van der Waals surface area contributed by atoms with Crippen LogP contribution in [0.2, 0.25) is 0 Å². The Bertz CT molecular complexity index is 1020. The fourth-order valence-electron chi connectivity index (χ4n) is 2.81. The molecule has 0 spiro atoms. The average Bonchev–Trinajstić information content (AvgIpc) is 3.30. The molecule has 0 amide bonds. The second-order valence-corrected chi connectivity index (χ2v) is 5.90. The van der Waals surface area contributed by atoms with E-state index in [0.29, 0.717) is 18.3 Å². The Morgan fingerprint density at radius 3 is 2.62 bits per heavy atom. The predicted octanol–water partition coefficient (Wildman–Crippen LogP) is 3.96. The average molecular weight is 349 g/mol. The second kappa shape index (κ2) is 6.95. The Morgan fingerprint density at radius 1 is 1.04 bits per heavy atom. The van der Waals surface area contributed by atoms with Gasteiger partial charge in [0.2, 0.25) is 5.82 Å².